The first-order valence-corrected chi connectivity index (χ1v) is 8.29. The molecule has 1 aromatic heterocycles. The molecule has 0 saturated carbocycles. The number of para-hydroxylation sites is 1. The van der Waals surface area contributed by atoms with E-state index in [0.29, 0.717) is 32.8 Å². The van der Waals surface area contributed by atoms with Crippen LogP contribution in [0.4, 0.5) is 0 Å². The average Bonchev–Trinajstić information content (AvgIpc) is 2.60. The lowest BCUT2D eigenvalue weighted by Gasteiger charge is -2.23. The first kappa shape index (κ1) is 16.7. The molecule has 24 heavy (non-hydrogen) atoms. The van der Waals surface area contributed by atoms with Gasteiger partial charge in [0.2, 0.25) is 5.91 Å². The Labute approximate surface area is 141 Å². The molecule has 2 heterocycles. The number of benzene rings is 1. The first-order valence-electron chi connectivity index (χ1n) is 8.29. The topological polar surface area (TPSA) is 72.5 Å². The summed E-state index contributed by atoms with van der Waals surface area (Å²) >= 11 is 0. The van der Waals surface area contributed by atoms with E-state index in [0.717, 1.165) is 28.9 Å². The molecule has 128 valence electrons. The van der Waals surface area contributed by atoms with Gasteiger partial charge in [-0.3, -0.25) is 4.79 Å². The molecule has 0 bridgehead atoms. The van der Waals surface area contributed by atoms with E-state index in [1.54, 1.807) is 0 Å². The van der Waals surface area contributed by atoms with Crippen molar-refractivity contribution in [2.75, 3.05) is 32.9 Å². The summed E-state index contributed by atoms with van der Waals surface area (Å²) in [5, 5.41) is 7.19. The lowest BCUT2D eigenvalue weighted by Crippen LogP contribution is -2.44. The Hall–Kier alpha value is -2.18. The highest BCUT2D eigenvalue weighted by atomic mass is 16.5. The largest absolute Gasteiger partial charge is 0.489 e. The zero-order valence-electron chi connectivity index (χ0n) is 13.9. The van der Waals surface area contributed by atoms with Gasteiger partial charge in [-0.25, -0.2) is 4.98 Å². The zero-order valence-corrected chi connectivity index (χ0v) is 13.9. The van der Waals surface area contributed by atoms with E-state index < -0.39 is 0 Å². The molecule has 2 aromatic rings. The fourth-order valence-corrected chi connectivity index (χ4v) is 2.73. The van der Waals surface area contributed by atoms with Crippen molar-refractivity contribution in [1.82, 2.24) is 15.6 Å². The van der Waals surface area contributed by atoms with E-state index in [1.165, 1.54) is 0 Å². The van der Waals surface area contributed by atoms with Crippen LogP contribution in [0.2, 0.25) is 0 Å². The van der Waals surface area contributed by atoms with Crippen LogP contribution in [0.1, 0.15) is 12.1 Å². The molecule has 1 saturated heterocycles. The number of aromatic nitrogens is 1. The smallest absolute Gasteiger partial charge is 0.221 e. The molecule has 3 rings (SSSR count). The van der Waals surface area contributed by atoms with E-state index in [9.17, 15) is 4.79 Å². The monoisotopic (exact) mass is 329 g/mol. The molecule has 1 aliphatic heterocycles. The molecule has 6 nitrogen and oxygen atoms in total. The van der Waals surface area contributed by atoms with Crippen molar-refractivity contribution in [2.45, 2.75) is 19.4 Å². The van der Waals surface area contributed by atoms with Crippen LogP contribution in [0.25, 0.3) is 10.9 Å². The lowest BCUT2D eigenvalue weighted by atomic mass is 10.2. The molecule has 6 heteroatoms. The highest BCUT2D eigenvalue weighted by Gasteiger charge is 2.16. The van der Waals surface area contributed by atoms with E-state index in [2.05, 4.69) is 15.6 Å². The van der Waals surface area contributed by atoms with Crippen LogP contribution in [0.5, 0.6) is 5.75 Å². The predicted octanol–water partition coefficient (Wildman–Crippen LogP) is 1.42. The number of carbonyl (C=O) groups is 1. The number of aryl methyl sites for hydroxylation is 1. The number of nitrogens with one attached hydrogen (secondary N) is 2. The van der Waals surface area contributed by atoms with Crippen molar-refractivity contribution in [2.24, 2.45) is 0 Å². The van der Waals surface area contributed by atoms with Crippen molar-refractivity contribution >= 4 is 16.8 Å². The van der Waals surface area contributed by atoms with E-state index >= 15 is 0 Å². The quantitative estimate of drug-likeness (QED) is 0.784. The number of pyridine rings is 1. The first-order chi connectivity index (χ1) is 11.7. The number of morpholine rings is 1. The Morgan fingerprint density at radius 2 is 2.33 bits per heavy atom. The molecule has 1 aliphatic rings. The van der Waals surface area contributed by atoms with Gasteiger partial charge in [-0.05, 0) is 19.1 Å². The number of fused-ring (bicyclic) bond motifs is 1. The van der Waals surface area contributed by atoms with Crippen LogP contribution in [0, 0.1) is 6.92 Å². The van der Waals surface area contributed by atoms with Crippen LogP contribution in [-0.2, 0) is 9.53 Å². The molecular weight excluding hydrogens is 306 g/mol. The SMILES string of the molecule is Cc1ccc2cccc(OCCNC(=O)CC3COCCN3)c2n1. The van der Waals surface area contributed by atoms with Crippen LogP contribution in [0.15, 0.2) is 30.3 Å². The number of ether oxygens (including phenoxy) is 2. The van der Waals surface area contributed by atoms with Gasteiger partial charge in [0.05, 0.1) is 19.8 Å². The fraction of sp³-hybridized carbons (Fsp3) is 0.444. The number of carbonyl (C=O) groups excluding carboxylic acids is 1. The van der Waals surface area contributed by atoms with Gasteiger partial charge >= 0.3 is 0 Å². The molecule has 0 spiro atoms. The lowest BCUT2D eigenvalue weighted by molar-refractivity contribution is -0.122. The van der Waals surface area contributed by atoms with Crippen LogP contribution < -0.4 is 15.4 Å². The van der Waals surface area contributed by atoms with Crippen LogP contribution in [0.3, 0.4) is 0 Å². The second-order valence-corrected chi connectivity index (χ2v) is 5.91. The summed E-state index contributed by atoms with van der Waals surface area (Å²) in [6, 6.07) is 9.98. The van der Waals surface area contributed by atoms with Gasteiger partial charge in [0.1, 0.15) is 17.9 Å². The number of nitrogens with zero attached hydrogens (tertiary/aromatic N) is 1. The third kappa shape index (κ3) is 4.43. The van der Waals surface area contributed by atoms with Crippen LogP contribution in [-0.4, -0.2) is 49.8 Å². The van der Waals surface area contributed by atoms with Gasteiger partial charge in [-0.15, -0.1) is 0 Å². The van der Waals surface area contributed by atoms with Gasteiger partial charge in [0.25, 0.3) is 0 Å². The summed E-state index contributed by atoms with van der Waals surface area (Å²) in [5.41, 5.74) is 1.81. The minimum Gasteiger partial charge on any atom is -0.489 e. The Morgan fingerprint density at radius 3 is 3.17 bits per heavy atom. The summed E-state index contributed by atoms with van der Waals surface area (Å²) < 4.78 is 11.1. The predicted molar refractivity (Wildman–Crippen MR) is 92.2 cm³/mol. The number of rotatable bonds is 6. The van der Waals surface area contributed by atoms with Crippen LogP contribution >= 0.6 is 0 Å². The third-order valence-electron chi connectivity index (χ3n) is 3.93. The molecular formula is C18H23N3O3. The van der Waals surface area contributed by atoms with Gasteiger partial charge in [0.15, 0.2) is 0 Å². The summed E-state index contributed by atoms with van der Waals surface area (Å²) in [6.45, 7) is 4.94. The van der Waals surface area contributed by atoms with E-state index in [4.69, 9.17) is 9.47 Å². The Bertz CT molecular complexity index is 699. The summed E-state index contributed by atoms with van der Waals surface area (Å²) in [7, 11) is 0. The van der Waals surface area contributed by atoms with Crippen molar-refractivity contribution in [1.29, 1.82) is 0 Å². The van der Waals surface area contributed by atoms with E-state index in [-0.39, 0.29) is 11.9 Å². The van der Waals surface area contributed by atoms with Gasteiger partial charge in [-0.2, -0.15) is 0 Å². The second-order valence-electron chi connectivity index (χ2n) is 5.91. The number of hydrogen-bond donors (Lipinski definition) is 2. The average molecular weight is 329 g/mol. The molecule has 1 fully saturated rings. The maximum absolute atomic E-state index is 11.9. The minimum atomic E-state index is 0.00786. The fourth-order valence-electron chi connectivity index (χ4n) is 2.73. The minimum absolute atomic E-state index is 0.00786. The second kappa shape index (κ2) is 8.08. The molecule has 1 amide bonds. The van der Waals surface area contributed by atoms with Gasteiger partial charge in [-0.1, -0.05) is 18.2 Å². The maximum Gasteiger partial charge on any atom is 0.221 e. The van der Waals surface area contributed by atoms with E-state index in [1.807, 2.05) is 37.3 Å². The molecule has 2 N–H and O–H groups in total. The van der Waals surface area contributed by atoms with Crippen molar-refractivity contribution < 1.29 is 14.3 Å². The number of hydrogen-bond acceptors (Lipinski definition) is 5. The summed E-state index contributed by atoms with van der Waals surface area (Å²) in [6.07, 6.45) is 0.426. The summed E-state index contributed by atoms with van der Waals surface area (Å²) in [4.78, 5) is 16.4. The van der Waals surface area contributed by atoms with Gasteiger partial charge < -0.3 is 20.1 Å². The number of amides is 1. The molecule has 1 unspecified atom stereocenters. The maximum atomic E-state index is 11.9. The normalized spacial score (nSPS) is 17.6. The summed E-state index contributed by atoms with van der Waals surface area (Å²) in [5.74, 6) is 0.751. The van der Waals surface area contributed by atoms with Crippen molar-refractivity contribution in [3.8, 4) is 5.75 Å². The Kier molecular flexibility index (Phi) is 5.61. The molecule has 0 radical (unpaired) electrons. The van der Waals surface area contributed by atoms with Crippen molar-refractivity contribution in [3.63, 3.8) is 0 Å². The standard InChI is InChI=1S/C18H23N3O3/c1-13-5-6-14-3-2-4-16(18(14)21-13)24-10-8-20-17(22)11-15-12-23-9-7-19-15/h2-6,15,19H,7-12H2,1H3,(H,20,22). The Balaban J connectivity index is 1.46. The molecule has 0 aliphatic carbocycles. The van der Waals surface area contributed by atoms with Crippen molar-refractivity contribution in [3.05, 3.63) is 36.0 Å². The molecule has 1 atom stereocenters. The highest BCUT2D eigenvalue weighted by molar-refractivity contribution is 5.84. The molecule has 1 aromatic carbocycles. The zero-order chi connectivity index (χ0) is 16.8. The van der Waals surface area contributed by atoms with Gasteiger partial charge in [0, 0.05) is 30.1 Å². The Morgan fingerprint density at radius 1 is 1.42 bits per heavy atom. The highest BCUT2D eigenvalue weighted by Crippen LogP contribution is 2.23. The third-order valence-corrected chi connectivity index (χ3v) is 3.93.